The van der Waals surface area contributed by atoms with E-state index < -0.39 is 0 Å². The van der Waals surface area contributed by atoms with Crippen LogP contribution in [0.3, 0.4) is 0 Å². The van der Waals surface area contributed by atoms with Crippen LogP contribution in [-0.4, -0.2) is 34.8 Å². The predicted molar refractivity (Wildman–Crippen MR) is 67.8 cm³/mol. The van der Waals surface area contributed by atoms with Gasteiger partial charge in [-0.2, -0.15) is 5.10 Å². The molecule has 0 atom stereocenters. The molecule has 5 heteroatoms. The Morgan fingerprint density at radius 1 is 1.47 bits per heavy atom. The van der Waals surface area contributed by atoms with Gasteiger partial charge in [0.15, 0.2) is 0 Å². The van der Waals surface area contributed by atoms with Gasteiger partial charge in [0.05, 0.1) is 6.54 Å². The number of aromatic amines is 1. The SMILES string of the molecule is C=CCN(c1ccn[nH]c1=O)N1CCCCC1. The van der Waals surface area contributed by atoms with Crippen LogP contribution in [-0.2, 0) is 0 Å². The van der Waals surface area contributed by atoms with Crippen molar-refractivity contribution in [1.82, 2.24) is 15.2 Å². The number of hydrazine groups is 1. The number of hydrogen-bond donors (Lipinski definition) is 1. The van der Waals surface area contributed by atoms with Crippen LogP contribution in [0.1, 0.15) is 19.3 Å². The van der Waals surface area contributed by atoms with Crippen molar-refractivity contribution in [2.24, 2.45) is 0 Å². The van der Waals surface area contributed by atoms with Gasteiger partial charge in [0, 0.05) is 19.3 Å². The van der Waals surface area contributed by atoms with Crippen LogP contribution in [0.4, 0.5) is 5.69 Å². The van der Waals surface area contributed by atoms with E-state index in [1.165, 1.54) is 19.3 Å². The minimum atomic E-state index is -0.153. The van der Waals surface area contributed by atoms with E-state index in [4.69, 9.17) is 0 Å². The van der Waals surface area contributed by atoms with Crippen molar-refractivity contribution >= 4 is 5.69 Å². The monoisotopic (exact) mass is 234 g/mol. The molecule has 2 heterocycles. The average Bonchev–Trinajstić information content (AvgIpc) is 2.38. The molecule has 0 aliphatic carbocycles. The Balaban J connectivity index is 2.24. The second kappa shape index (κ2) is 5.63. The Morgan fingerprint density at radius 2 is 2.24 bits per heavy atom. The second-order valence-electron chi connectivity index (χ2n) is 4.16. The summed E-state index contributed by atoms with van der Waals surface area (Å²) in [5, 5.41) is 10.4. The van der Waals surface area contributed by atoms with Crippen LogP contribution in [0.2, 0.25) is 0 Å². The zero-order chi connectivity index (χ0) is 12.1. The highest BCUT2D eigenvalue weighted by molar-refractivity contribution is 5.42. The van der Waals surface area contributed by atoms with Gasteiger partial charge in [-0.3, -0.25) is 9.80 Å². The molecule has 1 N–H and O–H groups in total. The zero-order valence-corrected chi connectivity index (χ0v) is 9.93. The molecule has 1 aromatic heterocycles. The number of anilines is 1. The maximum absolute atomic E-state index is 11.8. The first kappa shape index (κ1) is 11.9. The molecule has 0 radical (unpaired) electrons. The zero-order valence-electron chi connectivity index (χ0n) is 9.93. The first-order chi connectivity index (χ1) is 8.33. The third-order valence-corrected chi connectivity index (χ3v) is 2.96. The summed E-state index contributed by atoms with van der Waals surface area (Å²) in [5.74, 6) is 0. The summed E-state index contributed by atoms with van der Waals surface area (Å²) in [6.07, 6.45) is 7.05. The lowest BCUT2D eigenvalue weighted by Gasteiger charge is -2.37. The summed E-state index contributed by atoms with van der Waals surface area (Å²) >= 11 is 0. The van der Waals surface area contributed by atoms with E-state index in [0.29, 0.717) is 12.2 Å². The van der Waals surface area contributed by atoms with Gasteiger partial charge in [0.2, 0.25) is 0 Å². The molecular formula is C12H18N4O. The van der Waals surface area contributed by atoms with Crippen molar-refractivity contribution in [2.75, 3.05) is 24.6 Å². The third kappa shape index (κ3) is 2.74. The first-order valence-electron chi connectivity index (χ1n) is 6.00. The van der Waals surface area contributed by atoms with Gasteiger partial charge in [0.25, 0.3) is 5.56 Å². The van der Waals surface area contributed by atoms with E-state index in [1.807, 2.05) is 11.1 Å². The number of rotatable bonds is 4. The minimum absolute atomic E-state index is 0.153. The molecule has 0 spiro atoms. The van der Waals surface area contributed by atoms with E-state index in [9.17, 15) is 4.79 Å². The molecule has 2 rings (SSSR count). The predicted octanol–water partition coefficient (Wildman–Crippen LogP) is 1.16. The maximum atomic E-state index is 11.8. The molecule has 1 aromatic rings. The molecule has 17 heavy (non-hydrogen) atoms. The molecule has 0 bridgehead atoms. The van der Waals surface area contributed by atoms with Crippen molar-refractivity contribution in [3.05, 3.63) is 35.3 Å². The fourth-order valence-electron chi connectivity index (χ4n) is 2.15. The Morgan fingerprint density at radius 3 is 2.88 bits per heavy atom. The number of aromatic nitrogens is 2. The number of nitrogens with zero attached hydrogens (tertiary/aromatic N) is 3. The molecule has 5 nitrogen and oxygen atoms in total. The molecule has 1 saturated heterocycles. The van der Waals surface area contributed by atoms with Gasteiger partial charge >= 0.3 is 0 Å². The highest BCUT2D eigenvalue weighted by atomic mass is 16.1. The van der Waals surface area contributed by atoms with Crippen LogP contribution < -0.4 is 10.6 Å². The Bertz CT molecular complexity index is 423. The topological polar surface area (TPSA) is 52.2 Å². The van der Waals surface area contributed by atoms with Gasteiger partial charge in [0.1, 0.15) is 5.69 Å². The summed E-state index contributed by atoms with van der Waals surface area (Å²) in [6, 6.07) is 1.75. The van der Waals surface area contributed by atoms with Gasteiger partial charge in [-0.25, -0.2) is 10.1 Å². The smallest absolute Gasteiger partial charge is 0.289 e. The van der Waals surface area contributed by atoms with Crippen LogP contribution in [0.5, 0.6) is 0 Å². The van der Waals surface area contributed by atoms with Crippen LogP contribution in [0.25, 0.3) is 0 Å². The van der Waals surface area contributed by atoms with E-state index in [-0.39, 0.29) is 5.56 Å². The van der Waals surface area contributed by atoms with E-state index in [0.717, 1.165) is 13.1 Å². The Kier molecular flexibility index (Phi) is 3.93. The summed E-state index contributed by atoms with van der Waals surface area (Å²) < 4.78 is 0. The second-order valence-corrected chi connectivity index (χ2v) is 4.16. The lowest BCUT2D eigenvalue weighted by Crippen LogP contribution is -2.47. The van der Waals surface area contributed by atoms with Gasteiger partial charge in [-0.05, 0) is 18.9 Å². The Hall–Kier alpha value is -1.62. The Labute approximate surface area is 101 Å². The van der Waals surface area contributed by atoms with Crippen molar-refractivity contribution < 1.29 is 0 Å². The van der Waals surface area contributed by atoms with E-state index in [2.05, 4.69) is 21.8 Å². The van der Waals surface area contributed by atoms with Gasteiger partial charge in [-0.1, -0.05) is 12.5 Å². The van der Waals surface area contributed by atoms with Crippen molar-refractivity contribution in [3.63, 3.8) is 0 Å². The quantitative estimate of drug-likeness (QED) is 0.794. The normalized spacial score (nSPS) is 16.7. The van der Waals surface area contributed by atoms with Crippen molar-refractivity contribution in [3.8, 4) is 0 Å². The van der Waals surface area contributed by atoms with E-state index >= 15 is 0 Å². The summed E-state index contributed by atoms with van der Waals surface area (Å²) in [7, 11) is 0. The average molecular weight is 234 g/mol. The summed E-state index contributed by atoms with van der Waals surface area (Å²) in [6.45, 7) is 6.39. The summed E-state index contributed by atoms with van der Waals surface area (Å²) in [5.41, 5.74) is 0.488. The van der Waals surface area contributed by atoms with Crippen molar-refractivity contribution in [1.29, 1.82) is 0 Å². The fourth-order valence-corrected chi connectivity index (χ4v) is 2.15. The third-order valence-electron chi connectivity index (χ3n) is 2.96. The largest absolute Gasteiger partial charge is 0.297 e. The molecular weight excluding hydrogens is 216 g/mol. The number of piperidine rings is 1. The van der Waals surface area contributed by atoms with Crippen LogP contribution in [0.15, 0.2) is 29.7 Å². The molecule has 0 saturated carbocycles. The fraction of sp³-hybridized carbons (Fsp3) is 0.500. The van der Waals surface area contributed by atoms with Gasteiger partial charge in [-0.15, -0.1) is 6.58 Å². The molecule has 92 valence electrons. The maximum Gasteiger partial charge on any atom is 0.289 e. The molecule has 1 aliphatic rings. The number of H-pyrrole nitrogens is 1. The minimum Gasteiger partial charge on any atom is -0.297 e. The molecule has 1 aliphatic heterocycles. The number of nitrogens with one attached hydrogen (secondary N) is 1. The lowest BCUT2D eigenvalue weighted by molar-refractivity contribution is 0.213. The van der Waals surface area contributed by atoms with Gasteiger partial charge < -0.3 is 0 Å². The first-order valence-corrected chi connectivity index (χ1v) is 6.00. The standard InChI is InChI=1S/C12H18N4O/c1-2-8-16(15-9-4-3-5-10-15)11-6-7-13-14-12(11)17/h2,6-7H,1,3-5,8-10H2,(H,14,17). The van der Waals surface area contributed by atoms with E-state index in [1.54, 1.807) is 12.3 Å². The summed E-state index contributed by atoms with van der Waals surface area (Å²) in [4.78, 5) is 11.8. The highest BCUT2D eigenvalue weighted by Gasteiger charge is 2.19. The molecule has 0 unspecified atom stereocenters. The molecule has 0 amide bonds. The van der Waals surface area contributed by atoms with Crippen LogP contribution >= 0.6 is 0 Å². The van der Waals surface area contributed by atoms with Crippen LogP contribution in [0, 0.1) is 0 Å². The molecule has 1 fully saturated rings. The lowest BCUT2D eigenvalue weighted by atomic mass is 10.1. The molecule has 0 aromatic carbocycles. The number of hydrogen-bond acceptors (Lipinski definition) is 4. The van der Waals surface area contributed by atoms with Crippen molar-refractivity contribution in [2.45, 2.75) is 19.3 Å². The highest BCUT2D eigenvalue weighted by Crippen LogP contribution is 2.16.